The van der Waals surface area contributed by atoms with Crippen molar-refractivity contribution in [3.05, 3.63) is 47.5 Å². The Morgan fingerprint density at radius 2 is 1.87 bits per heavy atom. The molecule has 30 heavy (non-hydrogen) atoms. The Kier molecular flexibility index (Phi) is 4.28. The fraction of sp³-hybridized carbons (Fsp3) is 0.211. The smallest absolute Gasteiger partial charge is 0.263 e. The summed E-state index contributed by atoms with van der Waals surface area (Å²) in [5.41, 5.74) is 0.900. The van der Waals surface area contributed by atoms with E-state index in [0.717, 1.165) is 4.90 Å². The predicted octanol–water partition coefficient (Wildman–Crippen LogP) is 2.00. The van der Waals surface area contributed by atoms with E-state index in [1.807, 2.05) is 0 Å². The Labute approximate surface area is 175 Å². The molecule has 3 aliphatic rings. The van der Waals surface area contributed by atoms with Crippen LogP contribution in [-0.2, 0) is 14.4 Å². The molecule has 2 aromatic rings. The zero-order valence-corrected chi connectivity index (χ0v) is 16.1. The van der Waals surface area contributed by atoms with Gasteiger partial charge in [-0.25, -0.2) is 4.90 Å². The molecule has 1 N–H and O–H groups in total. The monoisotopic (exact) mass is 427 g/mol. The summed E-state index contributed by atoms with van der Waals surface area (Å²) >= 11 is 5.88. The average Bonchev–Trinajstić information content (AvgIpc) is 3.41. The summed E-state index contributed by atoms with van der Waals surface area (Å²) in [6, 6.07) is 9.38. The SMILES string of the molecule is O=C(CN1N=N[C@H]2C(=O)N(c3ccc(Cl)cc3)C(=O)[C@H]21)Nc1ccc2c(c1)OCO2. The third-order valence-corrected chi connectivity index (χ3v) is 5.16. The molecule has 0 bridgehead atoms. The van der Waals surface area contributed by atoms with Gasteiger partial charge in [-0.1, -0.05) is 16.8 Å². The largest absolute Gasteiger partial charge is 0.454 e. The van der Waals surface area contributed by atoms with Gasteiger partial charge >= 0.3 is 0 Å². The number of nitrogens with one attached hydrogen (secondary N) is 1. The number of hydrogen-bond acceptors (Lipinski definition) is 8. The van der Waals surface area contributed by atoms with Gasteiger partial charge in [-0.05, 0) is 36.4 Å². The van der Waals surface area contributed by atoms with Crippen LogP contribution < -0.4 is 19.7 Å². The van der Waals surface area contributed by atoms with Crippen LogP contribution in [0, 0.1) is 0 Å². The third-order valence-electron chi connectivity index (χ3n) is 4.90. The molecule has 0 aliphatic carbocycles. The minimum Gasteiger partial charge on any atom is -0.454 e. The number of halogens is 1. The molecule has 0 aromatic heterocycles. The van der Waals surface area contributed by atoms with E-state index in [-0.39, 0.29) is 13.3 Å². The topological polar surface area (TPSA) is 113 Å². The molecule has 11 heteroatoms. The summed E-state index contributed by atoms with van der Waals surface area (Å²) in [6.45, 7) is -0.114. The van der Waals surface area contributed by atoms with E-state index in [9.17, 15) is 14.4 Å². The Bertz CT molecular complexity index is 1090. The van der Waals surface area contributed by atoms with E-state index in [0.29, 0.717) is 27.9 Å². The maximum Gasteiger partial charge on any atom is 0.263 e. The molecule has 0 spiro atoms. The molecule has 2 atom stereocenters. The Morgan fingerprint density at radius 1 is 1.10 bits per heavy atom. The summed E-state index contributed by atoms with van der Waals surface area (Å²) in [5, 5.41) is 12.2. The molecule has 3 aliphatic heterocycles. The number of carbonyl (C=O) groups is 3. The minimum absolute atomic E-state index is 0.129. The van der Waals surface area contributed by atoms with Crippen molar-refractivity contribution in [3.8, 4) is 11.5 Å². The van der Waals surface area contributed by atoms with Crippen molar-refractivity contribution >= 4 is 40.7 Å². The van der Waals surface area contributed by atoms with Gasteiger partial charge in [0.25, 0.3) is 11.8 Å². The van der Waals surface area contributed by atoms with Gasteiger partial charge in [0.15, 0.2) is 23.6 Å². The predicted molar refractivity (Wildman–Crippen MR) is 104 cm³/mol. The van der Waals surface area contributed by atoms with Crippen molar-refractivity contribution in [2.24, 2.45) is 10.3 Å². The van der Waals surface area contributed by atoms with Crippen LogP contribution >= 0.6 is 11.6 Å². The molecule has 3 heterocycles. The zero-order chi connectivity index (χ0) is 20.8. The lowest BCUT2D eigenvalue weighted by Gasteiger charge is -2.20. The lowest BCUT2D eigenvalue weighted by molar-refractivity contribution is -0.123. The molecule has 0 saturated carbocycles. The van der Waals surface area contributed by atoms with E-state index in [4.69, 9.17) is 21.1 Å². The van der Waals surface area contributed by atoms with Crippen molar-refractivity contribution in [1.29, 1.82) is 0 Å². The first-order valence-electron chi connectivity index (χ1n) is 9.01. The van der Waals surface area contributed by atoms with E-state index >= 15 is 0 Å². The van der Waals surface area contributed by atoms with Crippen molar-refractivity contribution in [2.75, 3.05) is 23.6 Å². The highest BCUT2D eigenvalue weighted by atomic mass is 35.5. The summed E-state index contributed by atoms with van der Waals surface area (Å²) in [7, 11) is 0. The normalized spacial score (nSPS) is 21.4. The second-order valence-electron chi connectivity index (χ2n) is 6.80. The third kappa shape index (κ3) is 3.01. The second-order valence-corrected chi connectivity index (χ2v) is 7.23. The molecule has 0 radical (unpaired) electrons. The number of benzene rings is 2. The second kappa shape index (κ2) is 6.99. The van der Waals surface area contributed by atoms with Gasteiger partial charge in [0, 0.05) is 16.8 Å². The van der Waals surface area contributed by atoms with Crippen molar-refractivity contribution in [3.63, 3.8) is 0 Å². The highest BCUT2D eigenvalue weighted by molar-refractivity contribution is 6.31. The molecule has 1 saturated heterocycles. The molecule has 152 valence electrons. The average molecular weight is 428 g/mol. The van der Waals surface area contributed by atoms with E-state index in [1.165, 1.54) is 5.01 Å². The Balaban J connectivity index is 1.29. The summed E-state index contributed by atoms with van der Waals surface area (Å²) in [5.74, 6) is -0.271. The van der Waals surface area contributed by atoms with Gasteiger partial charge in [-0.2, -0.15) is 5.11 Å². The first-order valence-corrected chi connectivity index (χ1v) is 9.39. The van der Waals surface area contributed by atoms with Gasteiger partial charge in [0.05, 0.1) is 5.69 Å². The maximum atomic E-state index is 12.9. The van der Waals surface area contributed by atoms with Crippen molar-refractivity contribution < 1.29 is 23.9 Å². The maximum absolute atomic E-state index is 12.9. The number of anilines is 2. The molecule has 2 aromatic carbocycles. The quantitative estimate of drug-likeness (QED) is 0.747. The number of rotatable bonds is 4. The number of amides is 3. The highest BCUT2D eigenvalue weighted by Gasteiger charge is 2.55. The lowest BCUT2D eigenvalue weighted by Crippen LogP contribution is -2.43. The molecule has 3 amide bonds. The van der Waals surface area contributed by atoms with Crippen molar-refractivity contribution in [2.45, 2.75) is 12.1 Å². The van der Waals surface area contributed by atoms with Crippen LogP contribution in [0.15, 0.2) is 52.8 Å². The zero-order valence-electron chi connectivity index (χ0n) is 15.3. The Hall–Kier alpha value is -3.66. The van der Waals surface area contributed by atoms with E-state index < -0.39 is 29.8 Å². The van der Waals surface area contributed by atoms with Crippen molar-refractivity contribution in [1.82, 2.24) is 5.01 Å². The fourth-order valence-corrected chi connectivity index (χ4v) is 3.65. The van der Waals surface area contributed by atoms with Crippen LogP contribution in [0.5, 0.6) is 11.5 Å². The summed E-state index contributed by atoms with van der Waals surface area (Å²) in [6.07, 6.45) is 0. The Morgan fingerprint density at radius 3 is 2.67 bits per heavy atom. The van der Waals surface area contributed by atoms with Crippen LogP contribution in [0.25, 0.3) is 0 Å². The van der Waals surface area contributed by atoms with E-state index in [1.54, 1.807) is 42.5 Å². The highest BCUT2D eigenvalue weighted by Crippen LogP contribution is 2.35. The molecule has 1 fully saturated rings. The van der Waals surface area contributed by atoms with Gasteiger partial charge < -0.3 is 14.8 Å². The number of carbonyl (C=O) groups excluding carboxylic acids is 3. The van der Waals surface area contributed by atoms with Crippen LogP contribution in [0.2, 0.25) is 5.02 Å². The first-order chi connectivity index (χ1) is 14.5. The number of fused-ring (bicyclic) bond motifs is 2. The molecule has 10 nitrogen and oxygen atoms in total. The number of imide groups is 1. The van der Waals surface area contributed by atoms with Crippen LogP contribution in [0.3, 0.4) is 0 Å². The molecule has 5 rings (SSSR count). The number of hydrogen-bond donors (Lipinski definition) is 1. The summed E-state index contributed by atoms with van der Waals surface area (Å²) < 4.78 is 10.5. The van der Waals surface area contributed by atoms with Gasteiger partial charge in [-0.15, -0.1) is 0 Å². The van der Waals surface area contributed by atoms with Gasteiger partial charge in [0.2, 0.25) is 12.7 Å². The molecule has 0 unspecified atom stereocenters. The van der Waals surface area contributed by atoms with Crippen LogP contribution in [-0.4, -0.2) is 48.2 Å². The fourth-order valence-electron chi connectivity index (χ4n) is 3.52. The van der Waals surface area contributed by atoms with Gasteiger partial charge in [-0.3, -0.25) is 19.4 Å². The minimum atomic E-state index is -0.980. The van der Waals surface area contributed by atoms with E-state index in [2.05, 4.69) is 15.7 Å². The summed E-state index contributed by atoms with van der Waals surface area (Å²) in [4.78, 5) is 39.1. The van der Waals surface area contributed by atoms with Crippen LogP contribution in [0.1, 0.15) is 0 Å². The number of ether oxygens (including phenoxy) is 2. The lowest BCUT2D eigenvalue weighted by atomic mass is 10.1. The molecular formula is C19H14ClN5O5. The standard InChI is InChI=1S/C19H14ClN5O5/c20-10-1-4-12(5-2-10)25-18(27)16-17(19(25)28)24(23-22-16)8-15(26)21-11-3-6-13-14(7-11)30-9-29-13/h1-7,16-17H,8-9H2,(H,21,26)/t16-,17+/m1/s1. The number of nitrogens with zero attached hydrogens (tertiary/aromatic N) is 4. The van der Waals surface area contributed by atoms with Crippen LogP contribution in [0.4, 0.5) is 11.4 Å². The van der Waals surface area contributed by atoms with Gasteiger partial charge in [0.1, 0.15) is 6.54 Å². The first kappa shape index (κ1) is 18.4. The molecular weight excluding hydrogens is 414 g/mol.